The van der Waals surface area contributed by atoms with Gasteiger partial charge in [-0.15, -0.1) is 5.73 Å². The third kappa shape index (κ3) is 5.37. The van der Waals surface area contributed by atoms with Gasteiger partial charge in [-0.25, -0.2) is 0 Å². The quantitative estimate of drug-likeness (QED) is 0.330. The number of hydrogen-bond acceptors (Lipinski definition) is 3. The van der Waals surface area contributed by atoms with Crippen molar-refractivity contribution in [1.29, 1.82) is 0 Å². The Morgan fingerprint density at radius 2 is 1.82 bits per heavy atom. The highest BCUT2D eigenvalue weighted by Gasteiger charge is 2.03. The van der Waals surface area contributed by atoms with Gasteiger partial charge < -0.3 is 4.74 Å². The number of hydrogen-bond donors (Lipinski definition) is 0. The van der Waals surface area contributed by atoms with E-state index in [1.165, 1.54) is 12.1 Å². The second kappa shape index (κ2) is 8.57. The molecule has 0 unspecified atom stereocenters. The van der Waals surface area contributed by atoms with Crippen molar-refractivity contribution >= 4 is 11.8 Å². The molecule has 0 atom stereocenters. The lowest BCUT2D eigenvalue weighted by Crippen LogP contribution is -1.95. The second-order valence-corrected chi connectivity index (χ2v) is 4.69. The van der Waals surface area contributed by atoms with Crippen molar-refractivity contribution in [1.82, 2.24) is 0 Å². The predicted octanol–water partition coefficient (Wildman–Crippen LogP) is 4.37. The van der Waals surface area contributed by atoms with Crippen LogP contribution in [0.15, 0.2) is 66.4 Å². The summed E-state index contributed by atoms with van der Waals surface area (Å²) < 4.78 is 5.52. The van der Waals surface area contributed by atoms with Crippen molar-refractivity contribution in [2.75, 3.05) is 6.61 Å². The van der Waals surface area contributed by atoms with Gasteiger partial charge >= 0.3 is 0 Å². The average molecular weight is 295 g/mol. The monoisotopic (exact) mass is 295 g/mol. The second-order valence-electron chi connectivity index (χ2n) is 4.69. The minimum absolute atomic E-state index is 0.0951. The molecule has 0 saturated heterocycles. The van der Waals surface area contributed by atoms with Crippen molar-refractivity contribution < 1.29 is 9.66 Å². The summed E-state index contributed by atoms with van der Waals surface area (Å²) in [4.78, 5) is 10.1. The van der Waals surface area contributed by atoms with Crippen LogP contribution in [-0.4, -0.2) is 11.5 Å². The number of nitro groups is 1. The van der Waals surface area contributed by atoms with Gasteiger partial charge in [-0.05, 0) is 41.8 Å². The first kappa shape index (κ1) is 15.7. The molecule has 4 heteroatoms. The Morgan fingerprint density at radius 3 is 2.50 bits per heavy atom. The average Bonchev–Trinajstić information content (AvgIpc) is 2.55. The highest BCUT2D eigenvalue weighted by Crippen LogP contribution is 2.12. The van der Waals surface area contributed by atoms with Crippen LogP contribution in [0, 0.1) is 10.1 Å². The largest absolute Gasteiger partial charge is 0.376 e. The topological polar surface area (TPSA) is 52.4 Å². The van der Waals surface area contributed by atoms with Crippen LogP contribution in [0.2, 0.25) is 0 Å². The highest BCUT2D eigenvalue weighted by molar-refractivity contribution is 5.47. The highest BCUT2D eigenvalue weighted by atomic mass is 16.6. The molecule has 0 aliphatic heterocycles. The van der Waals surface area contributed by atoms with E-state index in [0.29, 0.717) is 13.2 Å². The van der Waals surface area contributed by atoms with Crippen molar-refractivity contribution in [3.63, 3.8) is 0 Å². The summed E-state index contributed by atoms with van der Waals surface area (Å²) in [5, 5.41) is 10.5. The number of nitro benzene ring substituents is 1. The van der Waals surface area contributed by atoms with Gasteiger partial charge in [0.05, 0.1) is 18.1 Å². The van der Waals surface area contributed by atoms with E-state index in [4.69, 9.17) is 4.74 Å². The first-order chi connectivity index (χ1) is 10.8. The molecule has 2 aromatic rings. The summed E-state index contributed by atoms with van der Waals surface area (Å²) >= 11 is 0. The zero-order valence-electron chi connectivity index (χ0n) is 12.1. The van der Waals surface area contributed by atoms with E-state index in [0.717, 1.165) is 17.5 Å². The molecule has 22 heavy (non-hydrogen) atoms. The molecule has 0 amide bonds. The molecule has 4 nitrogen and oxygen atoms in total. The fraction of sp³-hybridized carbons (Fsp3) is 0.167. The normalized spacial score (nSPS) is 9.82. The number of ether oxygens (including phenoxy) is 1. The van der Waals surface area contributed by atoms with Gasteiger partial charge in [0.1, 0.15) is 0 Å². The Hall–Kier alpha value is -2.68. The molecule has 0 aromatic heterocycles. The molecule has 0 heterocycles. The van der Waals surface area contributed by atoms with E-state index in [1.54, 1.807) is 12.1 Å². The van der Waals surface area contributed by atoms with Crippen LogP contribution in [0.1, 0.15) is 17.5 Å². The maximum absolute atomic E-state index is 10.5. The molecule has 0 radical (unpaired) electrons. The van der Waals surface area contributed by atoms with Crippen LogP contribution in [0.5, 0.6) is 0 Å². The van der Waals surface area contributed by atoms with E-state index in [9.17, 15) is 10.1 Å². The summed E-state index contributed by atoms with van der Waals surface area (Å²) in [7, 11) is 0. The minimum Gasteiger partial charge on any atom is -0.376 e. The third-order valence-corrected chi connectivity index (χ3v) is 2.99. The van der Waals surface area contributed by atoms with Gasteiger partial charge in [0, 0.05) is 12.1 Å². The molecular formula is C18H17NO3. The van der Waals surface area contributed by atoms with E-state index in [2.05, 4.69) is 5.73 Å². The number of nitrogens with zero attached hydrogens (tertiary/aromatic N) is 1. The SMILES string of the molecule is O=[N+]([O-])c1ccc(COCCC=C=Cc2ccccc2)cc1. The molecule has 2 aromatic carbocycles. The minimum atomic E-state index is -0.408. The first-order valence-corrected chi connectivity index (χ1v) is 7.03. The van der Waals surface area contributed by atoms with E-state index in [-0.39, 0.29) is 5.69 Å². The zero-order valence-corrected chi connectivity index (χ0v) is 12.1. The fourth-order valence-electron chi connectivity index (χ4n) is 1.83. The standard InChI is InChI=1S/C18H17NO3/c20-19(21)18-12-10-17(11-13-18)15-22-14-6-2-5-9-16-7-3-1-4-8-16/h1-4,7-13H,6,14-15H2. The maximum atomic E-state index is 10.5. The molecular weight excluding hydrogens is 278 g/mol. The summed E-state index contributed by atoms with van der Waals surface area (Å²) in [6.07, 6.45) is 4.63. The van der Waals surface area contributed by atoms with Crippen molar-refractivity contribution in [2.24, 2.45) is 0 Å². The molecule has 0 spiro atoms. The molecule has 0 saturated carbocycles. The van der Waals surface area contributed by atoms with Crippen molar-refractivity contribution in [3.8, 4) is 0 Å². The Bertz CT molecular complexity index is 656. The first-order valence-electron chi connectivity index (χ1n) is 7.03. The number of benzene rings is 2. The van der Waals surface area contributed by atoms with E-state index in [1.807, 2.05) is 42.5 Å². The fourth-order valence-corrected chi connectivity index (χ4v) is 1.83. The van der Waals surface area contributed by atoms with Crippen LogP contribution in [0.25, 0.3) is 6.08 Å². The summed E-state index contributed by atoms with van der Waals surface area (Å²) in [5.74, 6) is 0. The van der Waals surface area contributed by atoms with Gasteiger partial charge in [0.25, 0.3) is 5.69 Å². The smallest absolute Gasteiger partial charge is 0.269 e. The molecule has 0 aliphatic rings. The van der Waals surface area contributed by atoms with Gasteiger partial charge in [0.15, 0.2) is 0 Å². The van der Waals surface area contributed by atoms with Gasteiger partial charge in [-0.3, -0.25) is 10.1 Å². The Labute approximate surface area is 129 Å². The van der Waals surface area contributed by atoms with Gasteiger partial charge in [0.2, 0.25) is 0 Å². The van der Waals surface area contributed by atoms with Crippen LogP contribution < -0.4 is 0 Å². The molecule has 112 valence electrons. The van der Waals surface area contributed by atoms with Crippen molar-refractivity contribution in [3.05, 3.63) is 87.6 Å². The summed E-state index contributed by atoms with van der Waals surface area (Å²) in [6, 6.07) is 16.4. The molecule has 0 bridgehead atoms. The van der Waals surface area contributed by atoms with Gasteiger partial charge in [-0.2, -0.15) is 0 Å². The zero-order chi connectivity index (χ0) is 15.6. The van der Waals surface area contributed by atoms with E-state index >= 15 is 0 Å². The Morgan fingerprint density at radius 1 is 1.09 bits per heavy atom. The van der Waals surface area contributed by atoms with Crippen molar-refractivity contribution in [2.45, 2.75) is 13.0 Å². The van der Waals surface area contributed by atoms with Crippen LogP contribution >= 0.6 is 0 Å². The number of non-ortho nitro benzene ring substituents is 1. The third-order valence-electron chi connectivity index (χ3n) is 2.99. The lowest BCUT2D eigenvalue weighted by molar-refractivity contribution is -0.384. The maximum Gasteiger partial charge on any atom is 0.269 e. The molecule has 0 N–H and O–H groups in total. The van der Waals surface area contributed by atoms with Crippen LogP contribution in [-0.2, 0) is 11.3 Å². The predicted molar refractivity (Wildman–Crippen MR) is 86.4 cm³/mol. The lowest BCUT2D eigenvalue weighted by Gasteiger charge is -2.02. The number of rotatable bonds is 7. The molecule has 0 fully saturated rings. The molecule has 2 rings (SSSR count). The Kier molecular flexibility index (Phi) is 6.12. The Balaban J connectivity index is 1.69. The van der Waals surface area contributed by atoms with E-state index < -0.39 is 4.92 Å². The molecule has 0 aliphatic carbocycles. The lowest BCUT2D eigenvalue weighted by atomic mass is 10.2. The van der Waals surface area contributed by atoms with Gasteiger partial charge in [-0.1, -0.05) is 30.3 Å². The van der Waals surface area contributed by atoms with Crippen LogP contribution in [0.4, 0.5) is 5.69 Å². The summed E-state index contributed by atoms with van der Waals surface area (Å²) in [6.45, 7) is 1.04. The summed E-state index contributed by atoms with van der Waals surface area (Å²) in [5.41, 5.74) is 5.25. The van der Waals surface area contributed by atoms with Crippen LogP contribution in [0.3, 0.4) is 0 Å².